The van der Waals surface area contributed by atoms with E-state index < -0.39 is 6.04 Å². The summed E-state index contributed by atoms with van der Waals surface area (Å²) in [6.45, 7) is 4.23. The lowest BCUT2D eigenvalue weighted by Gasteiger charge is -2.27. The molecule has 0 saturated carbocycles. The summed E-state index contributed by atoms with van der Waals surface area (Å²) in [7, 11) is 0. The molecular formula is C19H23FN4O3. The second-order valence-electron chi connectivity index (χ2n) is 6.39. The van der Waals surface area contributed by atoms with Crippen LogP contribution in [0.5, 0.6) is 0 Å². The molecule has 2 N–H and O–H groups in total. The maximum atomic E-state index is 13.3. The van der Waals surface area contributed by atoms with Gasteiger partial charge in [0.25, 0.3) is 5.56 Å². The fraction of sp³-hybridized carbons (Fsp3) is 0.421. The third-order valence-electron chi connectivity index (χ3n) is 4.43. The minimum absolute atomic E-state index is 0.123. The Morgan fingerprint density at radius 3 is 2.70 bits per heavy atom. The number of aromatic nitrogens is 2. The number of carbonyl (C=O) groups is 1. The van der Waals surface area contributed by atoms with Gasteiger partial charge in [-0.3, -0.25) is 14.6 Å². The van der Waals surface area contributed by atoms with Gasteiger partial charge >= 0.3 is 0 Å². The summed E-state index contributed by atoms with van der Waals surface area (Å²) in [5, 5.41) is 2.92. The zero-order valence-electron chi connectivity index (χ0n) is 15.2. The van der Waals surface area contributed by atoms with Gasteiger partial charge in [0.2, 0.25) is 11.9 Å². The molecule has 1 aromatic heterocycles. The molecule has 1 aromatic carbocycles. The SMILES string of the molecule is CCC(=O)N[C@@H](Cc1cc(=O)[nH]c(N2CCOCC2)n1)c1ccc(F)cc1. The molecule has 144 valence electrons. The number of ether oxygens (including phenoxy) is 1. The van der Waals surface area contributed by atoms with Crippen molar-refractivity contribution in [1.82, 2.24) is 15.3 Å². The van der Waals surface area contributed by atoms with Crippen LogP contribution in [-0.2, 0) is 16.0 Å². The summed E-state index contributed by atoms with van der Waals surface area (Å²) in [4.78, 5) is 33.3. The first kappa shape index (κ1) is 19.0. The van der Waals surface area contributed by atoms with Crippen LogP contribution >= 0.6 is 0 Å². The summed E-state index contributed by atoms with van der Waals surface area (Å²) in [6, 6.07) is 7.00. The Labute approximate surface area is 156 Å². The first-order valence-electron chi connectivity index (χ1n) is 9.03. The molecule has 8 heteroatoms. The van der Waals surface area contributed by atoms with Crippen LogP contribution in [0.2, 0.25) is 0 Å². The average Bonchev–Trinajstić information content (AvgIpc) is 2.68. The van der Waals surface area contributed by atoms with Crippen LogP contribution in [0.15, 0.2) is 35.1 Å². The summed E-state index contributed by atoms with van der Waals surface area (Å²) in [6.07, 6.45) is 0.665. The van der Waals surface area contributed by atoms with Crippen LogP contribution < -0.4 is 15.8 Å². The van der Waals surface area contributed by atoms with Crippen LogP contribution in [0.4, 0.5) is 10.3 Å². The lowest BCUT2D eigenvalue weighted by Crippen LogP contribution is -2.38. The number of amides is 1. The van der Waals surface area contributed by atoms with E-state index in [-0.39, 0.29) is 17.3 Å². The van der Waals surface area contributed by atoms with E-state index in [9.17, 15) is 14.0 Å². The monoisotopic (exact) mass is 374 g/mol. The minimum Gasteiger partial charge on any atom is -0.378 e. The molecule has 0 radical (unpaired) electrons. The van der Waals surface area contributed by atoms with Gasteiger partial charge in [-0.05, 0) is 17.7 Å². The second kappa shape index (κ2) is 8.77. The Morgan fingerprint density at radius 1 is 1.33 bits per heavy atom. The average molecular weight is 374 g/mol. The van der Waals surface area contributed by atoms with E-state index in [4.69, 9.17) is 4.74 Å². The number of benzene rings is 1. The van der Waals surface area contributed by atoms with Crippen LogP contribution in [0.25, 0.3) is 0 Å². The molecule has 1 aliphatic rings. The zero-order chi connectivity index (χ0) is 19.2. The van der Waals surface area contributed by atoms with Crippen LogP contribution in [0.3, 0.4) is 0 Å². The molecule has 1 saturated heterocycles. The molecule has 1 atom stereocenters. The third-order valence-corrected chi connectivity index (χ3v) is 4.43. The normalized spacial score (nSPS) is 15.4. The summed E-state index contributed by atoms with van der Waals surface area (Å²) in [5.41, 5.74) is 1.07. The molecular weight excluding hydrogens is 351 g/mol. The topological polar surface area (TPSA) is 87.3 Å². The van der Waals surface area contributed by atoms with E-state index in [0.717, 1.165) is 5.56 Å². The summed E-state index contributed by atoms with van der Waals surface area (Å²) >= 11 is 0. The third kappa shape index (κ3) is 5.13. The van der Waals surface area contributed by atoms with Gasteiger partial charge in [0.1, 0.15) is 5.82 Å². The van der Waals surface area contributed by atoms with Crippen molar-refractivity contribution >= 4 is 11.9 Å². The largest absolute Gasteiger partial charge is 0.378 e. The standard InChI is InChI=1S/C19H23FN4O3/c1-2-17(25)22-16(13-3-5-14(20)6-4-13)11-15-12-18(26)23-19(21-15)24-7-9-27-10-8-24/h3-6,12,16H,2,7-11H2,1H3,(H,22,25)(H,21,23,26)/t16-/m0/s1. The number of anilines is 1. The van der Waals surface area contributed by atoms with Crippen LogP contribution in [-0.4, -0.2) is 42.2 Å². The Kier molecular flexibility index (Phi) is 6.18. The van der Waals surface area contributed by atoms with Gasteiger partial charge in [-0.25, -0.2) is 9.37 Å². The van der Waals surface area contributed by atoms with Gasteiger partial charge < -0.3 is 15.0 Å². The molecule has 0 bridgehead atoms. The van der Waals surface area contributed by atoms with E-state index >= 15 is 0 Å². The van der Waals surface area contributed by atoms with Crippen molar-refractivity contribution < 1.29 is 13.9 Å². The summed E-state index contributed by atoms with van der Waals surface area (Å²) < 4.78 is 18.6. The number of H-pyrrole nitrogens is 1. The molecule has 0 unspecified atom stereocenters. The molecule has 1 amide bonds. The highest BCUT2D eigenvalue weighted by Crippen LogP contribution is 2.19. The van der Waals surface area contributed by atoms with E-state index in [1.165, 1.54) is 18.2 Å². The molecule has 3 rings (SSSR count). The molecule has 1 aliphatic heterocycles. The van der Waals surface area contributed by atoms with Gasteiger partial charge in [0.05, 0.1) is 24.9 Å². The number of hydrogen-bond acceptors (Lipinski definition) is 5. The predicted octanol–water partition coefficient (Wildman–Crippen LogP) is 1.56. The first-order valence-corrected chi connectivity index (χ1v) is 9.03. The van der Waals surface area contributed by atoms with Gasteiger partial charge in [0, 0.05) is 32.0 Å². The number of nitrogens with zero attached hydrogens (tertiary/aromatic N) is 2. The summed E-state index contributed by atoms with van der Waals surface area (Å²) in [5.74, 6) is 0.0336. The molecule has 2 aromatic rings. The van der Waals surface area contributed by atoms with Crippen molar-refractivity contribution in [2.24, 2.45) is 0 Å². The first-order chi connectivity index (χ1) is 13.0. The quantitative estimate of drug-likeness (QED) is 0.801. The molecule has 2 heterocycles. The van der Waals surface area contributed by atoms with Crippen molar-refractivity contribution in [3.05, 3.63) is 57.8 Å². The maximum absolute atomic E-state index is 13.3. The Balaban J connectivity index is 1.86. The number of morpholine rings is 1. The molecule has 27 heavy (non-hydrogen) atoms. The number of halogens is 1. The fourth-order valence-electron chi connectivity index (χ4n) is 2.98. The van der Waals surface area contributed by atoms with E-state index in [1.54, 1.807) is 19.1 Å². The molecule has 0 spiro atoms. The molecule has 7 nitrogen and oxygen atoms in total. The van der Waals surface area contributed by atoms with Crippen molar-refractivity contribution in [2.75, 3.05) is 31.2 Å². The van der Waals surface area contributed by atoms with Gasteiger partial charge in [-0.15, -0.1) is 0 Å². The fourth-order valence-corrected chi connectivity index (χ4v) is 2.98. The van der Waals surface area contributed by atoms with Crippen molar-refractivity contribution in [3.63, 3.8) is 0 Å². The van der Waals surface area contributed by atoms with Crippen molar-refractivity contribution in [2.45, 2.75) is 25.8 Å². The highest BCUT2D eigenvalue weighted by atomic mass is 19.1. The smallest absolute Gasteiger partial charge is 0.252 e. The lowest BCUT2D eigenvalue weighted by atomic mass is 10.0. The maximum Gasteiger partial charge on any atom is 0.252 e. The van der Waals surface area contributed by atoms with Gasteiger partial charge in [-0.2, -0.15) is 0 Å². The molecule has 1 fully saturated rings. The Bertz CT molecular complexity index is 832. The van der Waals surface area contributed by atoms with E-state index in [1.807, 2.05) is 4.90 Å². The second-order valence-corrected chi connectivity index (χ2v) is 6.39. The Hall–Kier alpha value is -2.74. The molecule has 0 aliphatic carbocycles. The van der Waals surface area contributed by atoms with Crippen LogP contribution in [0, 0.1) is 5.82 Å². The van der Waals surface area contributed by atoms with Crippen molar-refractivity contribution in [3.8, 4) is 0 Å². The number of aromatic amines is 1. The zero-order valence-corrected chi connectivity index (χ0v) is 15.2. The van der Waals surface area contributed by atoms with Crippen molar-refractivity contribution in [1.29, 1.82) is 0 Å². The highest BCUT2D eigenvalue weighted by Gasteiger charge is 2.18. The van der Waals surface area contributed by atoms with E-state index in [0.29, 0.717) is 50.8 Å². The number of hydrogen-bond donors (Lipinski definition) is 2. The predicted molar refractivity (Wildman–Crippen MR) is 99.2 cm³/mol. The number of carbonyl (C=O) groups excluding carboxylic acids is 1. The van der Waals surface area contributed by atoms with E-state index in [2.05, 4.69) is 15.3 Å². The number of rotatable bonds is 6. The highest BCUT2D eigenvalue weighted by molar-refractivity contribution is 5.76. The minimum atomic E-state index is -0.398. The van der Waals surface area contributed by atoms with Gasteiger partial charge in [0.15, 0.2) is 0 Å². The Morgan fingerprint density at radius 2 is 2.04 bits per heavy atom. The number of nitrogens with one attached hydrogen (secondary N) is 2. The van der Waals surface area contributed by atoms with Crippen LogP contribution in [0.1, 0.15) is 30.6 Å². The van der Waals surface area contributed by atoms with Gasteiger partial charge in [-0.1, -0.05) is 19.1 Å². The lowest BCUT2D eigenvalue weighted by molar-refractivity contribution is -0.121.